The van der Waals surface area contributed by atoms with E-state index in [9.17, 15) is 18.0 Å². The van der Waals surface area contributed by atoms with E-state index < -0.39 is 21.5 Å². The number of rotatable bonds is 8. The number of carbonyl (C=O) groups is 2. The van der Waals surface area contributed by atoms with Crippen LogP contribution in [0, 0.1) is 0 Å². The van der Waals surface area contributed by atoms with Crippen LogP contribution < -0.4 is 25.4 Å². The van der Waals surface area contributed by atoms with E-state index in [2.05, 4.69) is 27.3 Å². The van der Waals surface area contributed by atoms with Crippen LogP contribution in [-0.2, 0) is 10.0 Å². The van der Waals surface area contributed by atoms with Crippen LogP contribution in [0.1, 0.15) is 31.1 Å². The number of amides is 3. The molecule has 4 N–H and O–H groups in total. The standard InChI is InChI=1S/C22H28N4O5S/c1-6-13-23-21(28)25-17-10-8-16(9-11-17)24-20(27)15-7-12-18(31-5)19(14-15)32(29,30)26-22(2,3)4/h6-12,14,26H,1,13H2,2-5H3,(H,24,27)(H2,23,25,28). The zero-order valence-electron chi connectivity index (χ0n) is 18.5. The van der Waals surface area contributed by atoms with Gasteiger partial charge in [0.25, 0.3) is 5.91 Å². The molecule has 0 aliphatic carbocycles. The lowest BCUT2D eigenvalue weighted by Crippen LogP contribution is -2.40. The average molecular weight is 461 g/mol. The largest absolute Gasteiger partial charge is 0.495 e. The first kappa shape index (κ1) is 24.9. The molecule has 0 aliphatic rings. The van der Waals surface area contributed by atoms with Crippen molar-refractivity contribution >= 4 is 33.3 Å². The minimum Gasteiger partial charge on any atom is -0.495 e. The van der Waals surface area contributed by atoms with Crippen molar-refractivity contribution in [1.82, 2.24) is 10.0 Å². The number of anilines is 2. The van der Waals surface area contributed by atoms with E-state index in [4.69, 9.17) is 4.74 Å². The molecule has 0 aliphatic heterocycles. The van der Waals surface area contributed by atoms with Crippen LogP contribution in [0.3, 0.4) is 0 Å². The molecule has 32 heavy (non-hydrogen) atoms. The molecule has 0 aromatic heterocycles. The van der Waals surface area contributed by atoms with E-state index in [0.717, 1.165) is 0 Å². The zero-order valence-corrected chi connectivity index (χ0v) is 19.3. The highest BCUT2D eigenvalue weighted by Crippen LogP contribution is 2.26. The van der Waals surface area contributed by atoms with Crippen molar-refractivity contribution < 1.29 is 22.7 Å². The molecule has 2 aromatic rings. The van der Waals surface area contributed by atoms with Gasteiger partial charge in [-0.3, -0.25) is 4.79 Å². The van der Waals surface area contributed by atoms with Gasteiger partial charge in [0.15, 0.2) is 0 Å². The van der Waals surface area contributed by atoms with Crippen molar-refractivity contribution in [1.29, 1.82) is 0 Å². The molecule has 10 heteroatoms. The first-order chi connectivity index (χ1) is 14.9. The molecule has 0 spiro atoms. The van der Waals surface area contributed by atoms with Crippen LogP contribution in [0.2, 0.25) is 0 Å². The fraction of sp³-hybridized carbons (Fsp3) is 0.273. The van der Waals surface area contributed by atoms with Crippen molar-refractivity contribution in [3.8, 4) is 5.75 Å². The second kappa shape index (κ2) is 10.3. The molecule has 0 saturated heterocycles. The molecular weight excluding hydrogens is 432 g/mol. The molecule has 2 rings (SSSR count). The fourth-order valence-corrected chi connectivity index (χ4v) is 4.28. The van der Waals surface area contributed by atoms with Gasteiger partial charge in [0.1, 0.15) is 10.6 Å². The minimum atomic E-state index is -3.92. The summed E-state index contributed by atoms with van der Waals surface area (Å²) in [7, 11) is -2.56. The maximum atomic E-state index is 12.8. The Hall–Kier alpha value is -3.37. The number of urea groups is 1. The number of hydrogen-bond acceptors (Lipinski definition) is 5. The smallest absolute Gasteiger partial charge is 0.319 e. The van der Waals surface area contributed by atoms with Crippen molar-refractivity contribution in [2.24, 2.45) is 0 Å². The van der Waals surface area contributed by atoms with Gasteiger partial charge >= 0.3 is 6.03 Å². The van der Waals surface area contributed by atoms with E-state index in [1.54, 1.807) is 51.1 Å². The third-order valence-electron chi connectivity index (χ3n) is 3.96. The summed E-state index contributed by atoms with van der Waals surface area (Å²) in [5.74, 6) is -0.368. The summed E-state index contributed by atoms with van der Waals surface area (Å²) in [6, 6.07) is 10.3. The lowest BCUT2D eigenvalue weighted by Gasteiger charge is -2.21. The third kappa shape index (κ3) is 7.10. The number of benzene rings is 2. The Labute approximate surface area is 188 Å². The molecule has 0 saturated carbocycles. The topological polar surface area (TPSA) is 126 Å². The van der Waals surface area contributed by atoms with Gasteiger partial charge in [0.05, 0.1) is 7.11 Å². The lowest BCUT2D eigenvalue weighted by atomic mass is 10.1. The first-order valence-corrected chi connectivity index (χ1v) is 11.2. The van der Waals surface area contributed by atoms with Gasteiger partial charge in [-0.1, -0.05) is 6.08 Å². The molecule has 2 aromatic carbocycles. The Morgan fingerprint density at radius 3 is 2.16 bits per heavy atom. The van der Waals surface area contributed by atoms with E-state index in [0.29, 0.717) is 17.9 Å². The summed E-state index contributed by atoms with van der Waals surface area (Å²) >= 11 is 0. The monoisotopic (exact) mass is 460 g/mol. The number of nitrogens with one attached hydrogen (secondary N) is 4. The van der Waals surface area contributed by atoms with E-state index in [-0.39, 0.29) is 22.2 Å². The van der Waals surface area contributed by atoms with Gasteiger partial charge in [0, 0.05) is 29.0 Å². The minimum absolute atomic E-state index is 0.128. The molecule has 0 fully saturated rings. The van der Waals surface area contributed by atoms with Gasteiger partial charge in [-0.15, -0.1) is 6.58 Å². The van der Waals surface area contributed by atoms with Crippen LogP contribution in [0.25, 0.3) is 0 Å². The molecule has 0 heterocycles. The summed E-state index contributed by atoms with van der Waals surface area (Å²) < 4.78 is 33.3. The highest BCUT2D eigenvalue weighted by molar-refractivity contribution is 7.89. The van der Waals surface area contributed by atoms with Crippen LogP contribution >= 0.6 is 0 Å². The highest BCUT2D eigenvalue weighted by Gasteiger charge is 2.26. The Morgan fingerprint density at radius 1 is 1.03 bits per heavy atom. The third-order valence-corrected chi connectivity index (χ3v) is 5.74. The molecule has 9 nitrogen and oxygen atoms in total. The predicted octanol–water partition coefficient (Wildman–Crippen LogP) is 3.33. The second-order valence-corrected chi connectivity index (χ2v) is 9.53. The van der Waals surface area contributed by atoms with Gasteiger partial charge in [-0.25, -0.2) is 17.9 Å². The van der Waals surface area contributed by atoms with Gasteiger partial charge in [0.2, 0.25) is 10.0 Å². The normalized spacial score (nSPS) is 11.4. The summed E-state index contributed by atoms with van der Waals surface area (Å²) in [6.07, 6.45) is 1.56. The molecule has 0 radical (unpaired) electrons. The van der Waals surface area contributed by atoms with Crippen LogP contribution in [0.15, 0.2) is 60.0 Å². The van der Waals surface area contributed by atoms with E-state index in [1.165, 1.54) is 25.3 Å². The summed E-state index contributed by atoms with van der Waals surface area (Å²) in [5, 5.41) is 7.93. The maximum absolute atomic E-state index is 12.8. The van der Waals surface area contributed by atoms with Crippen LogP contribution in [-0.4, -0.2) is 39.5 Å². The molecule has 172 valence electrons. The number of ether oxygens (including phenoxy) is 1. The van der Waals surface area contributed by atoms with Crippen molar-refractivity contribution in [3.63, 3.8) is 0 Å². The zero-order chi connectivity index (χ0) is 23.9. The molecule has 0 atom stereocenters. The number of methoxy groups -OCH3 is 1. The molecule has 0 bridgehead atoms. The average Bonchev–Trinajstić information content (AvgIpc) is 2.71. The van der Waals surface area contributed by atoms with Gasteiger partial charge in [-0.05, 0) is 63.2 Å². The number of sulfonamides is 1. The van der Waals surface area contributed by atoms with E-state index >= 15 is 0 Å². The predicted molar refractivity (Wildman–Crippen MR) is 125 cm³/mol. The number of carbonyl (C=O) groups excluding carboxylic acids is 2. The van der Waals surface area contributed by atoms with Crippen molar-refractivity contribution in [3.05, 3.63) is 60.7 Å². The van der Waals surface area contributed by atoms with Crippen LogP contribution in [0.4, 0.5) is 16.2 Å². The quantitative estimate of drug-likeness (QED) is 0.450. The summed E-state index contributed by atoms with van der Waals surface area (Å²) in [4.78, 5) is 24.2. The fourth-order valence-electron chi connectivity index (χ4n) is 2.67. The Kier molecular flexibility index (Phi) is 8.01. The number of hydrogen-bond donors (Lipinski definition) is 4. The van der Waals surface area contributed by atoms with Crippen molar-refractivity contribution in [2.75, 3.05) is 24.3 Å². The first-order valence-electron chi connectivity index (χ1n) is 9.74. The molecule has 3 amide bonds. The Morgan fingerprint density at radius 2 is 1.62 bits per heavy atom. The maximum Gasteiger partial charge on any atom is 0.319 e. The van der Waals surface area contributed by atoms with Crippen molar-refractivity contribution in [2.45, 2.75) is 31.2 Å². The SMILES string of the molecule is C=CCNC(=O)Nc1ccc(NC(=O)c2ccc(OC)c(S(=O)(=O)NC(C)(C)C)c2)cc1. The molecular formula is C22H28N4O5S. The van der Waals surface area contributed by atoms with E-state index in [1.807, 2.05) is 0 Å². The highest BCUT2D eigenvalue weighted by atomic mass is 32.2. The van der Waals surface area contributed by atoms with Crippen LogP contribution in [0.5, 0.6) is 5.75 Å². The molecule has 0 unspecified atom stereocenters. The summed E-state index contributed by atoms with van der Waals surface area (Å²) in [5.41, 5.74) is 0.447. The Bertz CT molecular complexity index is 1090. The second-order valence-electron chi connectivity index (χ2n) is 7.88. The lowest BCUT2D eigenvalue weighted by molar-refractivity contribution is 0.102. The Balaban J connectivity index is 2.18. The van der Waals surface area contributed by atoms with Gasteiger partial charge in [-0.2, -0.15) is 0 Å². The van der Waals surface area contributed by atoms with Gasteiger partial charge < -0.3 is 20.7 Å². The summed E-state index contributed by atoms with van der Waals surface area (Å²) in [6.45, 7) is 9.01.